The van der Waals surface area contributed by atoms with Crippen LogP contribution in [0.2, 0.25) is 0 Å². The van der Waals surface area contributed by atoms with Crippen molar-refractivity contribution in [3.63, 3.8) is 0 Å². The van der Waals surface area contributed by atoms with E-state index in [0.29, 0.717) is 12.5 Å². The van der Waals surface area contributed by atoms with Gasteiger partial charge in [-0.05, 0) is 49.3 Å². The summed E-state index contributed by atoms with van der Waals surface area (Å²) in [6.07, 6.45) is 9.30. The summed E-state index contributed by atoms with van der Waals surface area (Å²) in [6.45, 7) is 1.49. The van der Waals surface area contributed by atoms with Crippen molar-refractivity contribution in [2.45, 2.75) is 37.8 Å². The zero-order valence-electron chi connectivity index (χ0n) is 13.5. The number of carbonyl (C=O) groups is 1. The lowest BCUT2D eigenvalue weighted by Gasteiger charge is -2.27. The third kappa shape index (κ3) is 3.33. The van der Waals surface area contributed by atoms with Gasteiger partial charge in [-0.15, -0.1) is 0 Å². The molecule has 2 aliphatic rings. The van der Waals surface area contributed by atoms with Gasteiger partial charge in [-0.2, -0.15) is 0 Å². The molecule has 2 fully saturated rings. The topological polar surface area (TPSA) is 68.5 Å². The molecule has 1 aliphatic heterocycles. The van der Waals surface area contributed by atoms with E-state index < -0.39 is 0 Å². The van der Waals surface area contributed by atoms with E-state index in [0.717, 1.165) is 25.0 Å². The lowest BCUT2D eigenvalue weighted by atomic mass is 10.0. The largest absolute Gasteiger partial charge is 0.376 e. The number of pyridine rings is 1. The van der Waals surface area contributed by atoms with Crippen LogP contribution in [0, 0.1) is 5.92 Å². The molecule has 0 unspecified atom stereocenters. The fourth-order valence-electron chi connectivity index (χ4n) is 3.29. The smallest absolute Gasteiger partial charge is 0.292 e. The number of carbonyl (C=O) groups excluding carboxylic acids is 1. The van der Waals surface area contributed by atoms with Crippen LogP contribution >= 0.6 is 0 Å². The van der Waals surface area contributed by atoms with Crippen molar-refractivity contribution in [2.24, 2.45) is 5.92 Å². The Morgan fingerprint density at radius 3 is 2.75 bits per heavy atom. The van der Waals surface area contributed by atoms with E-state index in [4.69, 9.17) is 9.26 Å². The van der Waals surface area contributed by atoms with E-state index in [1.165, 1.54) is 19.0 Å². The molecule has 1 saturated heterocycles. The average Bonchev–Trinajstić information content (AvgIpc) is 3.12. The first-order valence-electron chi connectivity index (χ1n) is 8.53. The number of aromatic nitrogens is 2. The Hall–Kier alpha value is -2.21. The Morgan fingerprint density at radius 2 is 2.04 bits per heavy atom. The molecule has 6 nitrogen and oxygen atoms in total. The van der Waals surface area contributed by atoms with Crippen LogP contribution in [0.5, 0.6) is 0 Å². The molecule has 126 valence electrons. The summed E-state index contributed by atoms with van der Waals surface area (Å²) >= 11 is 0. The summed E-state index contributed by atoms with van der Waals surface area (Å²) in [5.74, 6) is 0.896. The predicted octanol–water partition coefficient (Wildman–Crippen LogP) is 2.32. The number of rotatable bonds is 6. The molecule has 0 spiro atoms. The first kappa shape index (κ1) is 15.3. The Kier molecular flexibility index (Phi) is 4.30. The zero-order chi connectivity index (χ0) is 16.4. The fraction of sp³-hybridized carbons (Fsp3) is 0.500. The van der Waals surface area contributed by atoms with Gasteiger partial charge >= 0.3 is 0 Å². The summed E-state index contributed by atoms with van der Waals surface area (Å²) < 4.78 is 11.2. The van der Waals surface area contributed by atoms with Gasteiger partial charge in [0, 0.05) is 31.6 Å². The molecule has 1 aliphatic carbocycles. The zero-order valence-corrected chi connectivity index (χ0v) is 13.5. The van der Waals surface area contributed by atoms with Gasteiger partial charge in [0.15, 0.2) is 0 Å². The maximum absolute atomic E-state index is 12.7. The second kappa shape index (κ2) is 6.73. The van der Waals surface area contributed by atoms with Gasteiger partial charge in [0.2, 0.25) is 5.76 Å². The quantitative estimate of drug-likeness (QED) is 0.814. The number of nitrogens with zero attached hydrogens (tertiary/aromatic N) is 3. The second-order valence-corrected chi connectivity index (χ2v) is 6.61. The Bertz CT molecular complexity index is 670. The van der Waals surface area contributed by atoms with E-state index in [9.17, 15) is 4.79 Å². The summed E-state index contributed by atoms with van der Waals surface area (Å²) in [6, 6.07) is 5.62. The van der Waals surface area contributed by atoms with Gasteiger partial charge in [-0.3, -0.25) is 9.78 Å². The molecule has 2 atom stereocenters. The molecular weight excluding hydrogens is 306 g/mol. The van der Waals surface area contributed by atoms with E-state index in [-0.39, 0.29) is 23.8 Å². The highest BCUT2D eigenvalue weighted by Crippen LogP contribution is 2.32. The standard InChI is InChI=1S/C18H21N3O3/c22-18(17-5-9-20-24-17)21-10-6-16(23-12-14-1-2-14)15(21)11-13-3-7-19-8-4-13/h3-5,7-9,14-16H,1-2,6,10-12H2/t15-,16-/m0/s1. The van der Waals surface area contributed by atoms with Gasteiger partial charge in [0.1, 0.15) is 0 Å². The molecular formula is C18H21N3O3. The first-order valence-corrected chi connectivity index (χ1v) is 8.53. The summed E-state index contributed by atoms with van der Waals surface area (Å²) in [7, 11) is 0. The highest BCUT2D eigenvalue weighted by molar-refractivity contribution is 5.91. The molecule has 0 radical (unpaired) electrons. The maximum atomic E-state index is 12.7. The number of hydrogen-bond donors (Lipinski definition) is 0. The molecule has 0 aromatic carbocycles. The van der Waals surface area contributed by atoms with Crippen molar-refractivity contribution in [3.8, 4) is 0 Å². The summed E-state index contributed by atoms with van der Waals surface area (Å²) in [5.41, 5.74) is 1.16. The van der Waals surface area contributed by atoms with Crippen LogP contribution in [-0.2, 0) is 11.2 Å². The number of amides is 1. The lowest BCUT2D eigenvalue weighted by molar-refractivity contribution is 0.0190. The molecule has 24 heavy (non-hydrogen) atoms. The summed E-state index contributed by atoms with van der Waals surface area (Å²) in [4.78, 5) is 18.7. The first-order chi connectivity index (χ1) is 11.8. The van der Waals surface area contributed by atoms with Gasteiger partial charge in [0.25, 0.3) is 5.91 Å². The van der Waals surface area contributed by atoms with E-state index >= 15 is 0 Å². The Balaban J connectivity index is 1.51. The Morgan fingerprint density at radius 1 is 1.21 bits per heavy atom. The molecule has 6 heteroatoms. The lowest BCUT2D eigenvalue weighted by Crippen LogP contribution is -2.42. The normalized spacial score (nSPS) is 23.6. The van der Waals surface area contributed by atoms with Gasteiger partial charge < -0.3 is 14.2 Å². The minimum Gasteiger partial charge on any atom is -0.376 e. The number of ether oxygens (including phenoxy) is 1. The van der Waals surface area contributed by atoms with Crippen LogP contribution in [0.25, 0.3) is 0 Å². The molecule has 1 saturated carbocycles. The molecule has 3 heterocycles. The minimum absolute atomic E-state index is 0.0174. The SMILES string of the molecule is O=C(c1ccno1)N1CC[C@H](OCC2CC2)[C@@H]1Cc1ccncc1. The molecule has 0 bridgehead atoms. The molecule has 0 N–H and O–H groups in total. The average molecular weight is 327 g/mol. The Labute approximate surface area is 140 Å². The van der Waals surface area contributed by atoms with Crippen molar-refractivity contribution >= 4 is 5.91 Å². The summed E-state index contributed by atoms with van der Waals surface area (Å²) in [5, 5.41) is 3.65. The fourth-order valence-corrected chi connectivity index (χ4v) is 3.29. The van der Waals surface area contributed by atoms with Crippen molar-refractivity contribution < 1.29 is 14.1 Å². The minimum atomic E-state index is -0.107. The molecule has 4 rings (SSSR count). The maximum Gasteiger partial charge on any atom is 0.292 e. The molecule has 2 aromatic heterocycles. The predicted molar refractivity (Wildman–Crippen MR) is 86.3 cm³/mol. The number of hydrogen-bond acceptors (Lipinski definition) is 5. The van der Waals surface area contributed by atoms with Crippen molar-refractivity contribution in [2.75, 3.05) is 13.2 Å². The van der Waals surface area contributed by atoms with Gasteiger partial charge in [-0.25, -0.2) is 0 Å². The van der Waals surface area contributed by atoms with Crippen molar-refractivity contribution in [3.05, 3.63) is 48.1 Å². The monoisotopic (exact) mass is 327 g/mol. The van der Waals surface area contributed by atoms with Crippen LogP contribution < -0.4 is 0 Å². The van der Waals surface area contributed by atoms with Gasteiger partial charge in [0.05, 0.1) is 18.3 Å². The van der Waals surface area contributed by atoms with E-state index in [1.807, 2.05) is 17.0 Å². The van der Waals surface area contributed by atoms with Crippen molar-refractivity contribution in [1.82, 2.24) is 15.0 Å². The van der Waals surface area contributed by atoms with Gasteiger partial charge in [-0.1, -0.05) is 5.16 Å². The molecule has 2 aromatic rings. The second-order valence-electron chi connectivity index (χ2n) is 6.61. The third-order valence-corrected chi connectivity index (χ3v) is 4.83. The van der Waals surface area contributed by atoms with Crippen molar-refractivity contribution in [1.29, 1.82) is 0 Å². The van der Waals surface area contributed by atoms with Crippen LogP contribution in [0.3, 0.4) is 0 Å². The van der Waals surface area contributed by atoms with Crippen LogP contribution in [0.15, 0.2) is 41.3 Å². The van der Waals surface area contributed by atoms with Crippen LogP contribution in [0.1, 0.15) is 35.4 Å². The molecule has 1 amide bonds. The van der Waals surface area contributed by atoms with E-state index in [2.05, 4.69) is 10.1 Å². The highest BCUT2D eigenvalue weighted by Gasteiger charge is 2.39. The van der Waals surface area contributed by atoms with E-state index in [1.54, 1.807) is 18.5 Å². The van der Waals surface area contributed by atoms with Crippen LogP contribution in [-0.4, -0.2) is 46.2 Å². The number of likely N-dealkylation sites (tertiary alicyclic amines) is 1. The third-order valence-electron chi connectivity index (χ3n) is 4.83. The van der Waals surface area contributed by atoms with Crippen LogP contribution in [0.4, 0.5) is 0 Å². The highest BCUT2D eigenvalue weighted by atomic mass is 16.5.